The fraction of sp³-hybridized carbons (Fsp3) is 0.818. The molecule has 0 atom stereocenters. The Labute approximate surface area is 94.5 Å². The quantitative estimate of drug-likeness (QED) is 0.720. The van der Waals surface area contributed by atoms with Gasteiger partial charge >= 0.3 is 12.1 Å². The van der Waals surface area contributed by atoms with Crippen LogP contribution in [-0.2, 0) is 14.3 Å². The first-order chi connectivity index (χ1) is 7.65. The van der Waals surface area contributed by atoms with Crippen molar-refractivity contribution in [2.24, 2.45) is 5.92 Å². The van der Waals surface area contributed by atoms with E-state index in [4.69, 9.17) is 9.47 Å². The van der Waals surface area contributed by atoms with Gasteiger partial charge in [-0.3, -0.25) is 4.79 Å². The van der Waals surface area contributed by atoms with Crippen LogP contribution in [0.15, 0.2) is 0 Å². The van der Waals surface area contributed by atoms with Crippen molar-refractivity contribution in [3.05, 3.63) is 0 Å². The summed E-state index contributed by atoms with van der Waals surface area (Å²) < 4.78 is 10.3. The number of rotatable bonds is 2. The number of hydrogen-bond acceptors (Lipinski definition) is 4. The van der Waals surface area contributed by atoms with E-state index in [1.165, 1.54) is 0 Å². The molecule has 1 saturated carbocycles. The second-order valence-corrected chi connectivity index (χ2v) is 4.45. The Kier molecular flexibility index (Phi) is 3.03. The molecule has 0 aromatic carbocycles. The molecule has 90 valence electrons. The maximum absolute atomic E-state index is 11.5. The van der Waals surface area contributed by atoms with Gasteiger partial charge < -0.3 is 14.8 Å². The molecule has 1 saturated heterocycles. The zero-order chi connectivity index (χ0) is 11.6. The van der Waals surface area contributed by atoms with Crippen molar-refractivity contribution in [2.45, 2.75) is 38.2 Å². The van der Waals surface area contributed by atoms with Crippen LogP contribution >= 0.6 is 0 Å². The summed E-state index contributed by atoms with van der Waals surface area (Å²) in [6.45, 7) is 2.81. The highest BCUT2D eigenvalue weighted by atomic mass is 16.6. The van der Waals surface area contributed by atoms with Crippen LogP contribution in [0.1, 0.15) is 32.6 Å². The van der Waals surface area contributed by atoms with Crippen LogP contribution in [0.2, 0.25) is 0 Å². The summed E-state index contributed by atoms with van der Waals surface area (Å²) in [5.74, 6) is -0.139. The average Bonchev–Trinajstić information content (AvgIpc) is 2.61. The molecule has 0 aromatic heterocycles. The summed E-state index contributed by atoms with van der Waals surface area (Å²) in [6.07, 6.45) is 2.64. The summed E-state index contributed by atoms with van der Waals surface area (Å²) in [5, 5.41) is 2.67. The summed E-state index contributed by atoms with van der Waals surface area (Å²) in [7, 11) is 0. The Morgan fingerprint density at radius 2 is 2.25 bits per heavy atom. The maximum Gasteiger partial charge on any atom is 0.407 e. The lowest BCUT2D eigenvalue weighted by Gasteiger charge is -2.33. The number of nitrogens with one attached hydrogen (secondary N) is 1. The lowest BCUT2D eigenvalue weighted by atomic mass is 9.79. The predicted octanol–water partition coefficient (Wildman–Crippen LogP) is 1.22. The molecule has 1 heterocycles. The van der Waals surface area contributed by atoms with Crippen molar-refractivity contribution >= 4 is 12.1 Å². The smallest absolute Gasteiger partial charge is 0.407 e. The second kappa shape index (κ2) is 4.31. The van der Waals surface area contributed by atoms with Gasteiger partial charge in [0.15, 0.2) is 0 Å². The van der Waals surface area contributed by atoms with Crippen molar-refractivity contribution in [3.63, 3.8) is 0 Å². The molecule has 0 bridgehead atoms. The normalized spacial score (nSPS) is 33.3. The van der Waals surface area contributed by atoms with Gasteiger partial charge in [-0.05, 0) is 32.6 Å². The van der Waals surface area contributed by atoms with Gasteiger partial charge in [0.25, 0.3) is 0 Å². The average molecular weight is 227 g/mol. The van der Waals surface area contributed by atoms with Gasteiger partial charge in [0.1, 0.15) is 5.60 Å². The molecule has 5 nitrogen and oxygen atoms in total. The predicted molar refractivity (Wildman–Crippen MR) is 55.8 cm³/mol. The second-order valence-electron chi connectivity index (χ2n) is 4.45. The molecule has 5 heteroatoms. The first kappa shape index (κ1) is 11.2. The van der Waals surface area contributed by atoms with Crippen LogP contribution in [0.3, 0.4) is 0 Å². The van der Waals surface area contributed by atoms with Gasteiger partial charge in [0, 0.05) is 0 Å². The third-order valence-electron chi connectivity index (χ3n) is 3.38. The number of hydrogen-bond donors (Lipinski definition) is 1. The summed E-state index contributed by atoms with van der Waals surface area (Å²) in [4.78, 5) is 22.5. The van der Waals surface area contributed by atoms with Gasteiger partial charge in [0.2, 0.25) is 0 Å². The van der Waals surface area contributed by atoms with Gasteiger partial charge in [0.05, 0.1) is 19.1 Å². The Hall–Kier alpha value is -1.26. The van der Waals surface area contributed by atoms with E-state index in [1.54, 1.807) is 0 Å². The molecule has 0 radical (unpaired) electrons. The number of esters is 1. The van der Waals surface area contributed by atoms with E-state index in [1.807, 2.05) is 6.92 Å². The first-order valence-electron chi connectivity index (χ1n) is 5.79. The molecular formula is C11H17NO4. The Balaban J connectivity index is 1.87. The highest BCUT2D eigenvalue weighted by molar-refractivity contribution is 5.73. The van der Waals surface area contributed by atoms with Gasteiger partial charge in [-0.1, -0.05) is 0 Å². The molecule has 16 heavy (non-hydrogen) atoms. The number of ether oxygens (including phenoxy) is 2. The molecule has 1 aliphatic heterocycles. The summed E-state index contributed by atoms with van der Waals surface area (Å²) in [5.41, 5.74) is -0.361. The highest BCUT2D eigenvalue weighted by Crippen LogP contribution is 2.37. The van der Waals surface area contributed by atoms with Gasteiger partial charge in [-0.15, -0.1) is 0 Å². The van der Waals surface area contributed by atoms with Gasteiger partial charge in [-0.2, -0.15) is 0 Å². The van der Waals surface area contributed by atoms with Crippen LogP contribution < -0.4 is 5.32 Å². The van der Waals surface area contributed by atoms with Crippen molar-refractivity contribution in [1.82, 2.24) is 5.32 Å². The van der Waals surface area contributed by atoms with E-state index in [2.05, 4.69) is 5.32 Å². The van der Waals surface area contributed by atoms with E-state index >= 15 is 0 Å². The topological polar surface area (TPSA) is 64.6 Å². The van der Waals surface area contributed by atoms with E-state index in [0.717, 1.165) is 25.7 Å². The standard InChI is InChI=1S/C11H17NO4/c1-2-15-9(13)8-3-5-11(6-4-8)7-12-10(14)16-11/h8H,2-7H2,1H3,(H,12,14)/t8-,11-. The zero-order valence-corrected chi connectivity index (χ0v) is 9.45. The fourth-order valence-corrected chi connectivity index (χ4v) is 2.42. The van der Waals surface area contributed by atoms with Crippen molar-refractivity contribution in [3.8, 4) is 0 Å². The minimum Gasteiger partial charge on any atom is -0.466 e. The molecule has 0 unspecified atom stereocenters. The van der Waals surface area contributed by atoms with Crippen molar-refractivity contribution in [2.75, 3.05) is 13.2 Å². The minimum absolute atomic E-state index is 0.0233. The van der Waals surface area contributed by atoms with E-state index in [-0.39, 0.29) is 23.6 Å². The Morgan fingerprint density at radius 1 is 1.56 bits per heavy atom. The lowest BCUT2D eigenvalue weighted by Crippen LogP contribution is -2.39. The molecule has 2 rings (SSSR count). The SMILES string of the molecule is CCOC(=O)[C@H]1CC[C@]2(CC1)CNC(=O)O2. The van der Waals surface area contributed by atoms with Crippen LogP contribution in [0.5, 0.6) is 0 Å². The third-order valence-corrected chi connectivity index (χ3v) is 3.38. The van der Waals surface area contributed by atoms with E-state index in [0.29, 0.717) is 13.2 Å². The molecule has 2 fully saturated rings. The van der Waals surface area contributed by atoms with Crippen LogP contribution in [0.4, 0.5) is 4.79 Å². The van der Waals surface area contributed by atoms with Crippen molar-refractivity contribution < 1.29 is 19.1 Å². The fourth-order valence-electron chi connectivity index (χ4n) is 2.42. The number of carbonyl (C=O) groups excluding carboxylic acids is 2. The number of carbonyl (C=O) groups is 2. The van der Waals surface area contributed by atoms with Crippen LogP contribution in [0.25, 0.3) is 0 Å². The first-order valence-corrected chi connectivity index (χ1v) is 5.79. The maximum atomic E-state index is 11.5. The highest BCUT2D eigenvalue weighted by Gasteiger charge is 2.44. The molecule has 1 amide bonds. The molecule has 1 spiro atoms. The molecule has 1 aliphatic carbocycles. The Morgan fingerprint density at radius 3 is 2.75 bits per heavy atom. The third kappa shape index (κ3) is 2.13. The number of amides is 1. The van der Waals surface area contributed by atoms with E-state index in [9.17, 15) is 9.59 Å². The van der Waals surface area contributed by atoms with Crippen LogP contribution in [0, 0.1) is 5.92 Å². The van der Waals surface area contributed by atoms with Crippen molar-refractivity contribution in [1.29, 1.82) is 0 Å². The molecule has 1 N–H and O–H groups in total. The lowest BCUT2D eigenvalue weighted by molar-refractivity contribution is -0.150. The van der Waals surface area contributed by atoms with Crippen LogP contribution in [-0.4, -0.2) is 30.8 Å². The summed E-state index contributed by atoms with van der Waals surface area (Å²) in [6, 6.07) is 0. The monoisotopic (exact) mass is 227 g/mol. The summed E-state index contributed by atoms with van der Waals surface area (Å²) >= 11 is 0. The number of alkyl carbamates (subject to hydrolysis) is 1. The molecular weight excluding hydrogens is 210 g/mol. The molecule has 2 aliphatic rings. The largest absolute Gasteiger partial charge is 0.466 e. The van der Waals surface area contributed by atoms with E-state index < -0.39 is 0 Å². The molecule has 0 aromatic rings. The van der Waals surface area contributed by atoms with Gasteiger partial charge in [-0.25, -0.2) is 4.79 Å². The Bertz CT molecular complexity index is 294. The minimum atomic E-state index is -0.361. The zero-order valence-electron chi connectivity index (χ0n) is 9.45.